The van der Waals surface area contributed by atoms with Crippen LogP contribution in [0.25, 0.3) is 0 Å². The Morgan fingerprint density at radius 1 is 1.07 bits per heavy atom. The van der Waals surface area contributed by atoms with E-state index in [1.165, 1.54) is 10.5 Å². The lowest BCUT2D eigenvalue weighted by atomic mass is 10.1. The van der Waals surface area contributed by atoms with E-state index < -0.39 is 0 Å². The number of anilines is 2. The summed E-state index contributed by atoms with van der Waals surface area (Å²) in [6.07, 6.45) is 0.957. The van der Waals surface area contributed by atoms with Crippen molar-refractivity contribution in [2.24, 2.45) is 0 Å². The first kappa shape index (κ1) is 17.9. The van der Waals surface area contributed by atoms with E-state index in [4.69, 9.17) is 4.74 Å². The topological polar surface area (TPSA) is 37.2 Å². The predicted octanol–water partition coefficient (Wildman–Crippen LogP) is 1.38. The summed E-state index contributed by atoms with van der Waals surface area (Å²) in [5.74, 6) is 1.16. The van der Waals surface area contributed by atoms with Gasteiger partial charge in [-0.1, -0.05) is 30.3 Å². The number of carbonyl (C=O) groups excluding carboxylic acids is 1. The van der Waals surface area contributed by atoms with E-state index in [-0.39, 0.29) is 11.9 Å². The number of methoxy groups -OCH3 is 1. The molecule has 2 aliphatic heterocycles. The van der Waals surface area contributed by atoms with E-state index in [9.17, 15) is 4.79 Å². The summed E-state index contributed by atoms with van der Waals surface area (Å²) >= 11 is 0. The van der Waals surface area contributed by atoms with E-state index in [2.05, 4.69) is 36.1 Å². The van der Waals surface area contributed by atoms with Crippen LogP contribution in [0, 0.1) is 0 Å². The molecule has 1 saturated heterocycles. The van der Waals surface area contributed by atoms with Gasteiger partial charge >= 0.3 is 0 Å². The number of para-hydroxylation sites is 3. The summed E-state index contributed by atoms with van der Waals surface area (Å²) in [5, 5.41) is 0. The molecule has 5 nitrogen and oxygen atoms in total. The van der Waals surface area contributed by atoms with Gasteiger partial charge in [0.1, 0.15) is 5.75 Å². The number of nitrogens with zero attached hydrogens (tertiary/aromatic N) is 2. The third kappa shape index (κ3) is 3.52. The van der Waals surface area contributed by atoms with Crippen LogP contribution in [-0.2, 0) is 11.2 Å². The van der Waals surface area contributed by atoms with Crippen LogP contribution in [-0.4, -0.2) is 51.8 Å². The van der Waals surface area contributed by atoms with Gasteiger partial charge in [-0.25, -0.2) is 0 Å². The highest BCUT2D eigenvalue weighted by atomic mass is 16.5. The number of amides is 1. The van der Waals surface area contributed by atoms with Crippen LogP contribution >= 0.6 is 0 Å². The Morgan fingerprint density at radius 2 is 1.74 bits per heavy atom. The van der Waals surface area contributed by atoms with E-state index >= 15 is 0 Å². The van der Waals surface area contributed by atoms with Crippen LogP contribution in [0.4, 0.5) is 11.4 Å². The molecule has 0 spiro atoms. The Balaban J connectivity index is 1.38. The van der Waals surface area contributed by atoms with Gasteiger partial charge in [0.15, 0.2) is 6.54 Å². The molecule has 0 radical (unpaired) electrons. The quantitative estimate of drug-likeness (QED) is 0.888. The molecule has 27 heavy (non-hydrogen) atoms. The molecule has 2 aliphatic rings. The molecule has 4 rings (SSSR count). The maximum absolute atomic E-state index is 13.0. The number of rotatable bonds is 4. The average molecular weight is 366 g/mol. The Kier molecular flexibility index (Phi) is 5.03. The molecule has 0 bridgehead atoms. The number of quaternary nitrogens is 1. The zero-order valence-corrected chi connectivity index (χ0v) is 16.1. The van der Waals surface area contributed by atoms with Gasteiger partial charge in [-0.05, 0) is 37.1 Å². The van der Waals surface area contributed by atoms with E-state index in [0.29, 0.717) is 6.54 Å². The van der Waals surface area contributed by atoms with Gasteiger partial charge in [0.05, 0.1) is 39.0 Å². The lowest BCUT2D eigenvalue weighted by Gasteiger charge is -2.35. The zero-order chi connectivity index (χ0) is 18.8. The van der Waals surface area contributed by atoms with Gasteiger partial charge in [0, 0.05) is 11.7 Å². The third-order valence-electron chi connectivity index (χ3n) is 5.77. The molecule has 1 amide bonds. The van der Waals surface area contributed by atoms with Crippen LogP contribution in [0.3, 0.4) is 0 Å². The summed E-state index contributed by atoms with van der Waals surface area (Å²) in [5.41, 5.74) is 3.53. The summed E-state index contributed by atoms with van der Waals surface area (Å²) in [7, 11) is 1.72. The van der Waals surface area contributed by atoms with Crippen molar-refractivity contribution in [2.75, 3.05) is 49.6 Å². The summed E-state index contributed by atoms with van der Waals surface area (Å²) in [4.78, 5) is 18.7. The van der Waals surface area contributed by atoms with Gasteiger partial charge in [-0.3, -0.25) is 4.79 Å². The van der Waals surface area contributed by atoms with Crippen molar-refractivity contribution in [2.45, 2.75) is 19.4 Å². The maximum atomic E-state index is 13.0. The SMILES string of the molecule is COc1ccccc1N1CC[NH+](CC(=O)N2c3ccccc3C[C@@H]2C)CC1. The number of piperazine rings is 1. The molecule has 2 aromatic carbocycles. The Bertz CT molecular complexity index is 815. The highest BCUT2D eigenvalue weighted by Crippen LogP contribution is 2.31. The molecule has 5 heteroatoms. The van der Waals surface area contributed by atoms with Gasteiger partial charge in [0.2, 0.25) is 0 Å². The van der Waals surface area contributed by atoms with Crippen LogP contribution < -0.4 is 19.4 Å². The van der Waals surface area contributed by atoms with Gasteiger partial charge in [0.25, 0.3) is 5.91 Å². The fraction of sp³-hybridized carbons (Fsp3) is 0.409. The monoisotopic (exact) mass is 366 g/mol. The van der Waals surface area contributed by atoms with Gasteiger partial charge < -0.3 is 19.4 Å². The fourth-order valence-electron chi connectivity index (χ4n) is 4.38. The number of benzene rings is 2. The second kappa shape index (κ2) is 7.61. The minimum atomic E-state index is 0.244. The molecule has 1 atom stereocenters. The van der Waals surface area contributed by atoms with Crippen molar-refractivity contribution in [3.63, 3.8) is 0 Å². The Hall–Kier alpha value is -2.53. The van der Waals surface area contributed by atoms with Gasteiger partial charge in [-0.2, -0.15) is 0 Å². The van der Waals surface area contributed by atoms with Crippen molar-refractivity contribution in [1.82, 2.24) is 0 Å². The highest BCUT2D eigenvalue weighted by molar-refractivity contribution is 5.96. The molecule has 1 fully saturated rings. The molecule has 1 N–H and O–H groups in total. The maximum Gasteiger partial charge on any atom is 0.282 e. The summed E-state index contributed by atoms with van der Waals surface area (Å²) in [6, 6.07) is 16.7. The smallest absolute Gasteiger partial charge is 0.282 e. The molecule has 2 heterocycles. The lowest BCUT2D eigenvalue weighted by Crippen LogP contribution is -3.16. The molecule has 0 aromatic heterocycles. The number of hydrogen-bond donors (Lipinski definition) is 1. The van der Waals surface area contributed by atoms with Crippen LogP contribution in [0.5, 0.6) is 5.75 Å². The van der Waals surface area contributed by atoms with E-state index in [1.807, 2.05) is 29.2 Å². The molecule has 2 aromatic rings. The number of carbonyl (C=O) groups is 1. The standard InChI is InChI=1S/C22H27N3O2/c1-17-15-18-7-3-4-8-19(18)25(17)22(26)16-23-11-13-24(14-12-23)20-9-5-6-10-21(20)27-2/h3-10,17H,11-16H2,1-2H3/p+1/t17-/m0/s1. The average Bonchev–Trinajstić information content (AvgIpc) is 3.04. The summed E-state index contributed by atoms with van der Waals surface area (Å²) in [6.45, 7) is 6.52. The fourth-order valence-corrected chi connectivity index (χ4v) is 4.38. The predicted molar refractivity (Wildman–Crippen MR) is 108 cm³/mol. The molecule has 0 aliphatic carbocycles. The summed E-state index contributed by atoms with van der Waals surface area (Å²) < 4.78 is 5.49. The van der Waals surface area contributed by atoms with Crippen LogP contribution in [0.2, 0.25) is 0 Å². The number of fused-ring (bicyclic) bond motifs is 1. The number of ether oxygens (including phenoxy) is 1. The minimum Gasteiger partial charge on any atom is -0.495 e. The largest absolute Gasteiger partial charge is 0.495 e. The van der Waals surface area contributed by atoms with Crippen LogP contribution in [0.1, 0.15) is 12.5 Å². The second-order valence-electron chi connectivity index (χ2n) is 7.53. The first-order chi connectivity index (χ1) is 13.2. The van der Waals surface area contributed by atoms with Crippen molar-refractivity contribution >= 4 is 17.3 Å². The van der Waals surface area contributed by atoms with Crippen molar-refractivity contribution in [3.05, 3.63) is 54.1 Å². The normalized spacial score (nSPS) is 19.9. The number of hydrogen-bond acceptors (Lipinski definition) is 3. The zero-order valence-electron chi connectivity index (χ0n) is 16.1. The Morgan fingerprint density at radius 3 is 2.48 bits per heavy atom. The molecule has 0 saturated carbocycles. The first-order valence-electron chi connectivity index (χ1n) is 9.79. The lowest BCUT2D eigenvalue weighted by molar-refractivity contribution is -0.892. The van der Waals surface area contributed by atoms with Crippen molar-refractivity contribution in [1.29, 1.82) is 0 Å². The van der Waals surface area contributed by atoms with E-state index in [1.54, 1.807) is 7.11 Å². The molecule has 0 unspecified atom stereocenters. The molecular weight excluding hydrogens is 338 g/mol. The second-order valence-corrected chi connectivity index (χ2v) is 7.53. The molecule has 142 valence electrons. The first-order valence-corrected chi connectivity index (χ1v) is 9.79. The number of nitrogens with one attached hydrogen (secondary N) is 1. The third-order valence-corrected chi connectivity index (χ3v) is 5.77. The van der Waals surface area contributed by atoms with Crippen molar-refractivity contribution < 1.29 is 14.4 Å². The highest BCUT2D eigenvalue weighted by Gasteiger charge is 2.33. The minimum absolute atomic E-state index is 0.244. The van der Waals surface area contributed by atoms with Gasteiger partial charge in [-0.15, -0.1) is 0 Å². The molecular formula is C22H28N3O2+. The van der Waals surface area contributed by atoms with Crippen LogP contribution in [0.15, 0.2) is 48.5 Å². The Labute approximate surface area is 161 Å². The van der Waals surface area contributed by atoms with Crippen molar-refractivity contribution in [3.8, 4) is 5.75 Å². The van der Waals surface area contributed by atoms with E-state index in [0.717, 1.165) is 49.7 Å².